The van der Waals surface area contributed by atoms with E-state index in [2.05, 4.69) is 66.7 Å². The van der Waals surface area contributed by atoms with Crippen LogP contribution in [-0.2, 0) is 0 Å². The maximum atomic E-state index is 5.32. The van der Waals surface area contributed by atoms with Crippen molar-refractivity contribution in [3.05, 3.63) is 97.1 Å². The molecule has 138 valence electrons. The van der Waals surface area contributed by atoms with Gasteiger partial charge in [-0.3, -0.25) is 0 Å². The first-order valence-electron chi connectivity index (χ1n) is 9.27. The number of rotatable bonds is 5. The predicted molar refractivity (Wildman–Crippen MR) is 116 cm³/mol. The van der Waals surface area contributed by atoms with Gasteiger partial charge in [0.2, 0.25) is 0 Å². The summed E-state index contributed by atoms with van der Waals surface area (Å²) >= 11 is 0. The highest BCUT2D eigenvalue weighted by Gasteiger charge is 2.10. The normalized spacial score (nSPS) is 10.5. The van der Waals surface area contributed by atoms with Crippen LogP contribution in [0.3, 0.4) is 0 Å². The SMILES string of the molecule is COc1ccc(-c2ccc(-c3ccccc3)cc2-c2ccc(OC)cc2)cc1. The van der Waals surface area contributed by atoms with Gasteiger partial charge in [0.15, 0.2) is 0 Å². The Balaban J connectivity index is 1.86. The van der Waals surface area contributed by atoms with Crippen LogP contribution in [0.1, 0.15) is 0 Å². The maximum absolute atomic E-state index is 5.32. The monoisotopic (exact) mass is 366 g/mol. The van der Waals surface area contributed by atoms with Crippen LogP contribution >= 0.6 is 0 Å². The van der Waals surface area contributed by atoms with Crippen LogP contribution in [0.2, 0.25) is 0 Å². The molecule has 2 nitrogen and oxygen atoms in total. The molecule has 0 N–H and O–H groups in total. The minimum Gasteiger partial charge on any atom is -0.497 e. The van der Waals surface area contributed by atoms with Crippen molar-refractivity contribution < 1.29 is 9.47 Å². The maximum Gasteiger partial charge on any atom is 0.118 e. The summed E-state index contributed by atoms with van der Waals surface area (Å²) in [6.07, 6.45) is 0. The zero-order chi connectivity index (χ0) is 19.3. The van der Waals surface area contributed by atoms with E-state index < -0.39 is 0 Å². The highest BCUT2D eigenvalue weighted by atomic mass is 16.5. The van der Waals surface area contributed by atoms with Crippen LogP contribution in [0.25, 0.3) is 33.4 Å². The van der Waals surface area contributed by atoms with Gasteiger partial charge in [0.05, 0.1) is 14.2 Å². The minimum absolute atomic E-state index is 0.856. The molecule has 0 aliphatic rings. The summed E-state index contributed by atoms with van der Waals surface area (Å²) in [6, 6.07) is 33.5. The molecule has 4 rings (SSSR count). The number of benzene rings is 4. The van der Waals surface area contributed by atoms with E-state index in [-0.39, 0.29) is 0 Å². The first kappa shape index (κ1) is 17.9. The quantitative estimate of drug-likeness (QED) is 0.391. The van der Waals surface area contributed by atoms with Gasteiger partial charge in [-0.05, 0) is 63.7 Å². The van der Waals surface area contributed by atoms with Crippen molar-refractivity contribution in [3.8, 4) is 44.9 Å². The fourth-order valence-corrected chi connectivity index (χ4v) is 3.39. The Morgan fingerprint density at radius 1 is 0.429 bits per heavy atom. The molecule has 4 aromatic carbocycles. The summed E-state index contributed by atoms with van der Waals surface area (Å²) in [6.45, 7) is 0. The molecule has 0 aliphatic carbocycles. The molecule has 4 aromatic rings. The average molecular weight is 366 g/mol. The highest BCUT2D eigenvalue weighted by Crippen LogP contribution is 2.36. The lowest BCUT2D eigenvalue weighted by Gasteiger charge is -2.14. The Hall–Kier alpha value is -3.52. The van der Waals surface area contributed by atoms with E-state index in [1.54, 1.807) is 14.2 Å². The van der Waals surface area contributed by atoms with Gasteiger partial charge in [0, 0.05) is 0 Å². The minimum atomic E-state index is 0.856. The Kier molecular flexibility index (Phi) is 5.11. The van der Waals surface area contributed by atoms with Crippen LogP contribution in [0.4, 0.5) is 0 Å². The summed E-state index contributed by atoms with van der Waals surface area (Å²) in [7, 11) is 3.38. The first-order valence-corrected chi connectivity index (χ1v) is 9.27. The van der Waals surface area contributed by atoms with Crippen molar-refractivity contribution in [2.75, 3.05) is 14.2 Å². The van der Waals surface area contributed by atoms with Crippen molar-refractivity contribution in [1.82, 2.24) is 0 Å². The molecular formula is C26H22O2. The summed E-state index contributed by atoms with van der Waals surface area (Å²) in [5.41, 5.74) is 7.10. The summed E-state index contributed by atoms with van der Waals surface area (Å²) < 4.78 is 10.6. The zero-order valence-electron chi connectivity index (χ0n) is 16.1. The fourth-order valence-electron chi connectivity index (χ4n) is 3.39. The average Bonchev–Trinajstić information content (AvgIpc) is 2.79. The number of hydrogen-bond donors (Lipinski definition) is 0. The van der Waals surface area contributed by atoms with E-state index >= 15 is 0 Å². The summed E-state index contributed by atoms with van der Waals surface area (Å²) in [5, 5.41) is 0. The van der Waals surface area contributed by atoms with Crippen LogP contribution < -0.4 is 9.47 Å². The van der Waals surface area contributed by atoms with E-state index in [0.29, 0.717) is 0 Å². The zero-order valence-corrected chi connectivity index (χ0v) is 16.1. The molecule has 0 aromatic heterocycles. The molecule has 0 aliphatic heterocycles. The van der Waals surface area contributed by atoms with Gasteiger partial charge in [-0.15, -0.1) is 0 Å². The molecule has 0 saturated carbocycles. The molecule has 2 heteroatoms. The fraction of sp³-hybridized carbons (Fsp3) is 0.0769. The smallest absolute Gasteiger partial charge is 0.118 e. The first-order chi connectivity index (χ1) is 13.8. The van der Waals surface area contributed by atoms with Crippen molar-refractivity contribution >= 4 is 0 Å². The van der Waals surface area contributed by atoms with Gasteiger partial charge in [0.25, 0.3) is 0 Å². The van der Waals surface area contributed by atoms with E-state index in [0.717, 1.165) is 22.6 Å². The Morgan fingerprint density at radius 2 is 0.929 bits per heavy atom. The molecule has 0 bridgehead atoms. The Labute approximate surface area is 166 Å². The third-order valence-corrected chi connectivity index (χ3v) is 4.93. The van der Waals surface area contributed by atoms with Crippen LogP contribution in [0.5, 0.6) is 11.5 Å². The van der Waals surface area contributed by atoms with Crippen LogP contribution in [-0.4, -0.2) is 14.2 Å². The third-order valence-electron chi connectivity index (χ3n) is 4.93. The second-order valence-corrected chi connectivity index (χ2v) is 6.58. The molecular weight excluding hydrogens is 344 g/mol. The lowest BCUT2D eigenvalue weighted by molar-refractivity contribution is 0.414. The molecule has 0 saturated heterocycles. The number of ether oxygens (including phenoxy) is 2. The van der Waals surface area contributed by atoms with E-state index in [1.165, 1.54) is 22.3 Å². The largest absolute Gasteiger partial charge is 0.497 e. The van der Waals surface area contributed by atoms with Crippen LogP contribution in [0, 0.1) is 0 Å². The molecule has 0 atom stereocenters. The standard InChI is InChI=1S/C26H22O2/c1-27-23-13-8-20(9-14-23)25-17-12-22(19-6-4-3-5-7-19)18-26(25)21-10-15-24(28-2)16-11-21/h3-18H,1-2H3. The highest BCUT2D eigenvalue weighted by molar-refractivity contribution is 5.87. The molecule has 0 radical (unpaired) electrons. The Bertz CT molecular complexity index is 1050. The number of hydrogen-bond acceptors (Lipinski definition) is 2. The van der Waals surface area contributed by atoms with Gasteiger partial charge >= 0.3 is 0 Å². The molecule has 28 heavy (non-hydrogen) atoms. The van der Waals surface area contributed by atoms with E-state index in [1.807, 2.05) is 30.3 Å². The second kappa shape index (κ2) is 8.01. The second-order valence-electron chi connectivity index (χ2n) is 6.58. The molecule has 0 fully saturated rings. The van der Waals surface area contributed by atoms with Crippen molar-refractivity contribution in [1.29, 1.82) is 0 Å². The topological polar surface area (TPSA) is 18.5 Å². The van der Waals surface area contributed by atoms with Crippen molar-refractivity contribution in [2.45, 2.75) is 0 Å². The van der Waals surface area contributed by atoms with Crippen LogP contribution in [0.15, 0.2) is 97.1 Å². The molecule has 0 heterocycles. The molecule has 0 unspecified atom stereocenters. The summed E-state index contributed by atoms with van der Waals surface area (Å²) in [5.74, 6) is 1.71. The lowest BCUT2D eigenvalue weighted by Crippen LogP contribution is -1.89. The molecule has 0 amide bonds. The summed E-state index contributed by atoms with van der Waals surface area (Å²) in [4.78, 5) is 0. The van der Waals surface area contributed by atoms with Gasteiger partial charge in [-0.1, -0.05) is 66.7 Å². The third kappa shape index (κ3) is 3.63. The van der Waals surface area contributed by atoms with Gasteiger partial charge in [0.1, 0.15) is 11.5 Å². The van der Waals surface area contributed by atoms with Crippen molar-refractivity contribution in [2.24, 2.45) is 0 Å². The van der Waals surface area contributed by atoms with Gasteiger partial charge in [-0.25, -0.2) is 0 Å². The lowest BCUT2D eigenvalue weighted by atomic mass is 9.91. The van der Waals surface area contributed by atoms with Crippen molar-refractivity contribution in [3.63, 3.8) is 0 Å². The van der Waals surface area contributed by atoms with Gasteiger partial charge < -0.3 is 9.47 Å². The van der Waals surface area contributed by atoms with E-state index in [4.69, 9.17) is 9.47 Å². The van der Waals surface area contributed by atoms with E-state index in [9.17, 15) is 0 Å². The Morgan fingerprint density at radius 3 is 1.46 bits per heavy atom. The molecule has 0 spiro atoms. The van der Waals surface area contributed by atoms with Gasteiger partial charge in [-0.2, -0.15) is 0 Å². The number of methoxy groups -OCH3 is 2. The predicted octanol–water partition coefficient (Wildman–Crippen LogP) is 6.70.